The number of carbonyl (C=O) groups is 1. The number of carbonyl (C=O) groups excluding carboxylic acids is 1. The average molecular weight is 474 g/mol. The summed E-state index contributed by atoms with van der Waals surface area (Å²) < 4.78 is 16.4. The molecule has 172 valence electrons. The Hall–Kier alpha value is -1.46. The summed E-state index contributed by atoms with van der Waals surface area (Å²) >= 11 is 12.0. The van der Waals surface area contributed by atoms with Gasteiger partial charge in [0, 0.05) is 32.6 Å². The van der Waals surface area contributed by atoms with E-state index in [2.05, 4.69) is 10.4 Å². The molecular weight excluding hydrogens is 445 g/mol. The maximum atomic E-state index is 12.3. The number of halogens is 2. The van der Waals surface area contributed by atoms with E-state index in [0.29, 0.717) is 75.0 Å². The predicted molar refractivity (Wildman–Crippen MR) is 121 cm³/mol. The first-order chi connectivity index (χ1) is 15.0. The van der Waals surface area contributed by atoms with Crippen molar-refractivity contribution in [1.82, 2.24) is 10.2 Å². The minimum Gasteiger partial charge on any atom is -0.378 e. The minimum absolute atomic E-state index is 0.0750. The molecule has 3 rings (SSSR count). The van der Waals surface area contributed by atoms with Gasteiger partial charge in [0.25, 0.3) is 0 Å². The van der Waals surface area contributed by atoms with Crippen molar-refractivity contribution in [3.8, 4) is 0 Å². The van der Waals surface area contributed by atoms with Crippen LogP contribution in [0.25, 0.3) is 0 Å². The number of hydrazone groups is 1. The second kappa shape index (κ2) is 12.5. The van der Waals surface area contributed by atoms with Gasteiger partial charge in [0.1, 0.15) is 5.84 Å². The van der Waals surface area contributed by atoms with Gasteiger partial charge < -0.3 is 25.3 Å². The molecule has 1 fully saturated rings. The molecule has 0 aliphatic carbocycles. The number of nitrogens with one attached hydrogen (secondary N) is 1. The fourth-order valence-corrected chi connectivity index (χ4v) is 3.51. The van der Waals surface area contributed by atoms with Crippen LogP contribution < -0.4 is 16.1 Å². The summed E-state index contributed by atoms with van der Waals surface area (Å²) in [5, 5.41) is 10.1. The highest BCUT2D eigenvalue weighted by Gasteiger charge is 2.29. The number of benzene rings is 1. The van der Waals surface area contributed by atoms with Crippen LogP contribution in [0.4, 0.5) is 5.69 Å². The van der Waals surface area contributed by atoms with Crippen LogP contribution in [-0.4, -0.2) is 88.5 Å². The lowest BCUT2D eigenvalue weighted by atomic mass is 10.1. The van der Waals surface area contributed by atoms with Gasteiger partial charge in [0.15, 0.2) is 0 Å². The molecule has 1 aromatic carbocycles. The third kappa shape index (κ3) is 7.87. The van der Waals surface area contributed by atoms with Crippen LogP contribution in [0.5, 0.6) is 0 Å². The highest BCUT2D eigenvalue weighted by Crippen LogP contribution is 2.28. The summed E-state index contributed by atoms with van der Waals surface area (Å²) in [5.74, 6) is 0.575. The van der Waals surface area contributed by atoms with Crippen molar-refractivity contribution in [3.63, 3.8) is 0 Å². The van der Waals surface area contributed by atoms with Crippen LogP contribution in [-0.2, 0) is 19.0 Å². The fourth-order valence-electron chi connectivity index (χ4n) is 3.22. The summed E-state index contributed by atoms with van der Waals surface area (Å²) in [7, 11) is 0. The van der Waals surface area contributed by atoms with E-state index in [0.717, 1.165) is 18.8 Å². The van der Waals surface area contributed by atoms with Crippen molar-refractivity contribution in [2.75, 3.05) is 70.8 Å². The van der Waals surface area contributed by atoms with Crippen LogP contribution in [0.1, 0.15) is 6.42 Å². The quantitative estimate of drug-likeness (QED) is 0.441. The molecule has 0 spiro atoms. The number of amides is 1. The lowest BCUT2D eigenvalue weighted by molar-refractivity contribution is -0.125. The molecule has 1 saturated heterocycles. The summed E-state index contributed by atoms with van der Waals surface area (Å²) in [4.78, 5) is 14.3. The van der Waals surface area contributed by atoms with Gasteiger partial charge in [-0.05, 0) is 18.2 Å². The van der Waals surface area contributed by atoms with Gasteiger partial charge in [-0.25, -0.2) is 0 Å². The first-order valence-electron chi connectivity index (χ1n) is 10.3. The average Bonchev–Trinajstić information content (AvgIpc) is 3.18. The highest BCUT2D eigenvalue weighted by molar-refractivity contribution is 6.42. The van der Waals surface area contributed by atoms with Gasteiger partial charge >= 0.3 is 0 Å². The van der Waals surface area contributed by atoms with Crippen molar-refractivity contribution < 1.29 is 19.0 Å². The smallest absolute Gasteiger partial charge is 0.239 e. The van der Waals surface area contributed by atoms with Gasteiger partial charge in [-0.1, -0.05) is 23.2 Å². The Kier molecular flexibility index (Phi) is 9.79. The zero-order valence-corrected chi connectivity index (χ0v) is 18.9. The van der Waals surface area contributed by atoms with Gasteiger partial charge in [0.05, 0.1) is 61.4 Å². The van der Waals surface area contributed by atoms with Crippen LogP contribution in [0, 0.1) is 0 Å². The van der Waals surface area contributed by atoms with E-state index in [-0.39, 0.29) is 12.0 Å². The van der Waals surface area contributed by atoms with Crippen LogP contribution in [0.15, 0.2) is 23.3 Å². The molecule has 11 heteroatoms. The molecule has 0 radical (unpaired) electrons. The number of nitrogens with two attached hydrogens (primary N) is 1. The maximum absolute atomic E-state index is 12.3. The molecule has 2 aliphatic heterocycles. The minimum atomic E-state index is -0.0750. The normalized spacial score (nSPS) is 17.0. The predicted octanol–water partition coefficient (Wildman–Crippen LogP) is 1.33. The molecule has 0 unspecified atom stereocenters. The summed E-state index contributed by atoms with van der Waals surface area (Å²) in [5.41, 5.74) is 6.17. The molecule has 2 heterocycles. The number of nitrogens with zero attached hydrogens (tertiary/aromatic N) is 3. The second-order valence-electron chi connectivity index (χ2n) is 7.27. The molecule has 0 bridgehead atoms. The lowest BCUT2D eigenvalue weighted by Crippen LogP contribution is -2.55. The Morgan fingerprint density at radius 2 is 1.87 bits per heavy atom. The van der Waals surface area contributed by atoms with Crippen LogP contribution in [0.2, 0.25) is 10.0 Å². The van der Waals surface area contributed by atoms with E-state index in [9.17, 15) is 4.79 Å². The molecule has 9 nitrogen and oxygen atoms in total. The number of ether oxygens (including phenoxy) is 3. The molecule has 1 amide bonds. The van der Waals surface area contributed by atoms with Crippen molar-refractivity contribution in [3.05, 3.63) is 28.2 Å². The molecule has 3 N–H and O–H groups in total. The van der Waals surface area contributed by atoms with Gasteiger partial charge in [-0.15, -0.1) is 0 Å². The molecule has 1 aromatic rings. The third-order valence-corrected chi connectivity index (χ3v) is 5.53. The number of hydrogen-bond acceptors (Lipinski definition) is 8. The largest absolute Gasteiger partial charge is 0.378 e. The highest BCUT2D eigenvalue weighted by atomic mass is 35.5. The Labute approximate surface area is 192 Å². The first-order valence-corrected chi connectivity index (χ1v) is 11.1. The summed E-state index contributed by atoms with van der Waals surface area (Å²) in [6.07, 6.45) is 0.800. The molecule has 0 saturated carbocycles. The molecule has 2 aliphatic rings. The van der Waals surface area contributed by atoms with E-state index < -0.39 is 0 Å². The van der Waals surface area contributed by atoms with E-state index in [4.69, 9.17) is 43.1 Å². The Bertz CT molecular complexity index is 761. The van der Waals surface area contributed by atoms with E-state index in [1.54, 1.807) is 17.1 Å². The standard InChI is InChI=1S/C20H29Cl2N5O4/c21-17-2-1-15(11-18(17)22)27-5-3-19(25-27)24-20(28)14-26-12-16(13-26)31-10-9-30-8-7-29-6-4-23/h1-2,11,16H,3-10,12-14,23H2,(H,24,25,28). The number of hydrogen-bond donors (Lipinski definition) is 2. The Morgan fingerprint density at radius 1 is 1.13 bits per heavy atom. The summed E-state index contributed by atoms with van der Waals surface area (Å²) in [6.45, 7) is 5.66. The topological polar surface area (TPSA) is 102 Å². The van der Waals surface area contributed by atoms with Crippen molar-refractivity contribution in [1.29, 1.82) is 0 Å². The Morgan fingerprint density at radius 3 is 2.61 bits per heavy atom. The number of likely N-dealkylation sites (tertiary alicyclic amines) is 1. The molecule has 0 aromatic heterocycles. The van der Waals surface area contributed by atoms with Gasteiger partial charge in [-0.2, -0.15) is 5.10 Å². The van der Waals surface area contributed by atoms with E-state index >= 15 is 0 Å². The molecule has 0 atom stereocenters. The zero-order valence-electron chi connectivity index (χ0n) is 17.4. The maximum Gasteiger partial charge on any atom is 0.239 e. The first kappa shape index (κ1) is 24.2. The van der Waals surface area contributed by atoms with Crippen LogP contribution in [0.3, 0.4) is 0 Å². The monoisotopic (exact) mass is 473 g/mol. The van der Waals surface area contributed by atoms with Crippen molar-refractivity contribution >= 4 is 40.6 Å². The van der Waals surface area contributed by atoms with Gasteiger partial charge in [0.2, 0.25) is 5.91 Å². The summed E-state index contributed by atoms with van der Waals surface area (Å²) in [6, 6.07) is 5.35. The number of anilines is 1. The third-order valence-electron chi connectivity index (χ3n) is 4.79. The fraction of sp³-hybridized carbons (Fsp3) is 0.600. The van der Waals surface area contributed by atoms with E-state index in [1.807, 2.05) is 11.0 Å². The zero-order chi connectivity index (χ0) is 22.1. The molecule has 31 heavy (non-hydrogen) atoms. The Balaban J connectivity index is 1.26. The lowest BCUT2D eigenvalue weighted by Gasteiger charge is -2.38. The SMILES string of the molecule is NCCOCCOCCOC1CN(CC(=O)NC2=NN(c3ccc(Cl)c(Cl)c3)CC2)C1. The van der Waals surface area contributed by atoms with E-state index in [1.165, 1.54) is 0 Å². The van der Waals surface area contributed by atoms with Crippen molar-refractivity contribution in [2.45, 2.75) is 12.5 Å². The van der Waals surface area contributed by atoms with Gasteiger partial charge in [-0.3, -0.25) is 14.7 Å². The number of amidine groups is 1. The van der Waals surface area contributed by atoms with Crippen molar-refractivity contribution in [2.24, 2.45) is 10.8 Å². The second-order valence-corrected chi connectivity index (χ2v) is 8.08. The van der Waals surface area contributed by atoms with Crippen LogP contribution >= 0.6 is 23.2 Å². The molecular formula is C20H29Cl2N5O4. The number of rotatable bonds is 12.